The summed E-state index contributed by atoms with van der Waals surface area (Å²) in [5.74, 6) is -3.79. The van der Waals surface area contributed by atoms with E-state index in [1.165, 1.54) is 35.4 Å². The molecule has 0 radical (unpaired) electrons. The van der Waals surface area contributed by atoms with Gasteiger partial charge in [-0.3, -0.25) is 4.79 Å². The maximum Gasteiger partial charge on any atom is 0.433 e. The van der Waals surface area contributed by atoms with Crippen LogP contribution in [0.4, 0.5) is 33.3 Å². The monoisotopic (exact) mass is 490 g/mol. The van der Waals surface area contributed by atoms with E-state index in [2.05, 4.69) is 10.3 Å². The Bertz CT molecular complexity index is 1170. The van der Waals surface area contributed by atoms with Crippen LogP contribution in [0.1, 0.15) is 40.9 Å². The fourth-order valence-corrected chi connectivity index (χ4v) is 4.41. The molecular formula is C21H23F5N4O2S. The smallest absolute Gasteiger partial charge is 0.369 e. The van der Waals surface area contributed by atoms with Crippen LogP contribution in [-0.4, -0.2) is 40.4 Å². The number of benzene rings is 1. The zero-order valence-corrected chi connectivity index (χ0v) is 18.7. The molecule has 1 fully saturated rings. The van der Waals surface area contributed by atoms with Gasteiger partial charge < -0.3 is 10.2 Å². The van der Waals surface area contributed by atoms with Gasteiger partial charge in [-0.1, -0.05) is 6.07 Å². The Labute approximate surface area is 188 Å². The minimum Gasteiger partial charge on any atom is -0.369 e. The van der Waals surface area contributed by atoms with Gasteiger partial charge in [0.05, 0.1) is 27.2 Å². The number of rotatable bonds is 4. The molecule has 1 aromatic heterocycles. The van der Waals surface area contributed by atoms with Crippen LogP contribution in [0.5, 0.6) is 0 Å². The van der Waals surface area contributed by atoms with Crippen LogP contribution < -0.4 is 10.2 Å². The highest BCUT2D eigenvalue weighted by molar-refractivity contribution is 7.91. The van der Waals surface area contributed by atoms with E-state index in [0.717, 1.165) is 13.1 Å². The number of nitrogens with one attached hydrogen (secondary N) is 2. The zero-order chi connectivity index (χ0) is 24.6. The molecule has 6 nitrogen and oxygen atoms in total. The molecule has 0 aliphatic carbocycles. The highest BCUT2D eigenvalue weighted by Gasteiger charge is 2.38. The van der Waals surface area contributed by atoms with Crippen molar-refractivity contribution in [2.45, 2.75) is 43.2 Å². The molecule has 1 saturated heterocycles. The van der Waals surface area contributed by atoms with Gasteiger partial charge in [-0.25, -0.2) is 22.8 Å². The number of aromatic nitrogens is 1. The Balaban J connectivity index is 2.05. The molecule has 12 heteroatoms. The predicted molar refractivity (Wildman–Crippen MR) is 114 cm³/mol. The van der Waals surface area contributed by atoms with Crippen LogP contribution in [0.25, 0.3) is 0 Å². The van der Waals surface area contributed by atoms with Crippen molar-refractivity contribution < 1.29 is 31.0 Å². The number of pyridine rings is 1. The molecule has 1 aromatic carbocycles. The fraction of sp³-hybridized carbons (Fsp3) is 0.429. The number of nitrogens with zero attached hydrogens (tertiary/aromatic N) is 2. The number of halogens is 5. The van der Waals surface area contributed by atoms with Gasteiger partial charge >= 0.3 is 6.18 Å². The van der Waals surface area contributed by atoms with Gasteiger partial charge in [-0.15, -0.1) is 0 Å². The van der Waals surface area contributed by atoms with Gasteiger partial charge in [-0.2, -0.15) is 13.2 Å². The number of hydrogen-bond donors (Lipinski definition) is 2. The highest BCUT2D eigenvalue weighted by atomic mass is 32.2. The standard InChI is InChI=1S/C21H23F5N4O2S/c1-13-17(19(31)29-14-5-3-6-15(11-14)33(2,27)32)16(12-28-18(13)21(24,25)26)30-9-4-7-20(22,23)8-10-30/h3,5-6,11-12,27H,4,7-10H2,1-2H3,(H,29,31). The Morgan fingerprint density at radius 1 is 1.24 bits per heavy atom. The second-order valence-corrected chi connectivity index (χ2v) is 10.2. The topological polar surface area (TPSA) is 86.2 Å². The Morgan fingerprint density at radius 2 is 1.94 bits per heavy atom. The largest absolute Gasteiger partial charge is 0.433 e. The van der Waals surface area contributed by atoms with E-state index in [1.54, 1.807) is 0 Å². The normalized spacial score (nSPS) is 18.3. The Hall–Kier alpha value is -2.76. The molecule has 2 N–H and O–H groups in total. The molecule has 3 rings (SSSR count). The molecule has 1 unspecified atom stereocenters. The quantitative estimate of drug-likeness (QED) is 0.568. The number of carbonyl (C=O) groups is 1. The maximum atomic E-state index is 13.8. The van der Waals surface area contributed by atoms with Crippen molar-refractivity contribution in [1.29, 1.82) is 4.78 Å². The first-order chi connectivity index (χ1) is 15.2. The van der Waals surface area contributed by atoms with Crippen molar-refractivity contribution in [2.75, 3.05) is 29.6 Å². The first kappa shape index (κ1) is 24.9. The molecule has 1 aliphatic heterocycles. The summed E-state index contributed by atoms with van der Waals surface area (Å²) in [7, 11) is -3.09. The maximum absolute atomic E-state index is 13.8. The molecule has 0 saturated carbocycles. The van der Waals surface area contributed by atoms with Crippen molar-refractivity contribution >= 4 is 27.0 Å². The van der Waals surface area contributed by atoms with Crippen molar-refractivity contribution in [3.05, 3.63) is 47.3 Å². The molecule has 33 heavy (non-hydrogen) atoms. The molecule has 180 valence electrons. The minimum atomic E-state index is -4.82. The molecule has 0 spiro atoms. The van der Waals surface area contributed by atoms with E-state index in [-0.39, 0.29) is 47.8 Å². The lowest BCUT2D eigenvalue weighted by atomic mass is 10.0. The summed E-state index contributed by atoms with van der Waals surface area (Å²) in [6, 6.07) is 5.65. The molecule has 2 heterocycles. The van der Waals surface area contributed by atoms with Crippen molar-refractivity contribution in [3.63, 3.8) is 0 Å². The van der Waals surface area contributed by atoms with E-state index >= 15 is 0 Å². The fourth-order valence-electron chi connectivity index (χ4n) is 3.72. The van der Waals surface area contributed by atoms with E-state index in [9.17, 15) is 31.0 Å². The highest BCUT2D eigenvalue weighted by Crippen LogP contribution is 2.37. The summed E-state index contributed by atoms with van der Waals surface area (Å²) in [4.78, 5) is 18.2. The van der Waals surface area contributed by atoms with E-state index in [1.807, 2.05) is 0 Å². The summed E-state index contributed by atoms with van der Waals surface area (Å²) in [6.07, 6.45) is -3.47. The minimum absolute atomic E-state index is 0.0339. The lowest BCUT2D eigenvalue weighted by Crippen LogP contribution is -2.30. The first-order valence-electron chi connectivity index (χ1n) is 10.0. The van der Waals surface area contributed by atoms with E-state index in [4.69, 9.17) is 4.78 Å². The van der Waals surface area contributed by atoms with E-state index < -0.39 is 45.4 Å². The predicted octanol–water partition coefficient (Wildman–Crippen LogP) is 5.32. The van der Waals surface area contributed by atoms with Crippen LogP contribution in [0.15, 0.2) is 35.4 Å². The summed E-state index contributed by atoms with van der Waals surface area (Å²) >= 11 is 0. The number of amides is 1. The van der Waals surface area contributed by atoms with Crippen molar-refractivity contribution in [2.24, 2.45) is 0 Å². The SMILES string of the molecule is Cc1c(C(F)(F)F)ncc(N2CCCC(F)(F)CC2)c1C(=O)Nc1cccc(S(C)(=N)=O)c1. The Morgan fingerprint density at radius 3 is 2.58 bits per heavy atom. The first-order valence-corrected chi connectivity index (χ1v) is 12.0. The molecule has 0 bridgehead atoms. The van der Waals surface area contributed by atoms with E-state index in [0.29, 0.717) is 0 Å². The van der Waals surface area contributed by atoms with Gasteiger partial charge in [-0.05, 0) is 37.1 Å². The third kappa shape index (κ3) is 5.79. The lowest BCUT2D eigenvalue weighted by molar-refractivity contribution is -0.141. The van der Waals surface area contributed by atoms with Crippen LogP contribution in [-0.2, 0) is 15.9 Å². The number of carbonyl (C=O) groups excluding carboxylic acids is 1. The third-order valence-electron chi connectivity index (χ3n) is 5.40. The van der Waals surface area contributed by atoms with Gasteiger partial charge in [0.25, 0.3) is 5.91 Å². The number of hydrogen-bond acceptors (Lipinski definition) is 5. The summed E-state index contributed by atoms with van der Waals surface area (Å²) in [5, 5.41) is 2.48. The van der Waals surface area contributed by atoms with Gasteiger partial charge in [0.1, 0.15) is 5.69 Å². The van der Waals surface area contributed by atoms with Gasteiger partial charge in [0, 0.05) is 42.8 Å². The molecule has 1 aliphatic rings. The summed E-state index contributed by atoms with van der Waals surface area (Å²) in [5.41, 5.74) is -1.82. The van der Waals surface area contributed by atoms with Crippen LogP contribution >= 0.6 is 0 Å². The molecule has 1 atom stereocenters. The lowest BCUT2D eigenvalue weighted by Gasteiger charge is -2.27. The number of alkyl halides is 5. The molecular weight excluding hydrogens is 467 g/mol. The zero-order valence-electron chi connectivity index (χ0n) is 17.9. The average molecular weight is 490 g/mol. The molecule has 1 amide bonds. The second kappa shape index (κ2) is 8.88. The van der Waals surface area contributed by atoms with Crippen molar-refractivity contribution in [3.8, 4) is 0 Å². The second-order valence-electron chi connectivity index (χ2n) is 8.01. The van der Waals surface area contributed by atoms with Gasteiger partial charge in [0.2, 0.25) is 5.92 Å². The Kier molecular flexibility index (Phi) is 6.69. The van der Waals surface area contributed by atoms with Crippen LogP contribution in [0, 0.1) is 11.7 Å². The third-order valence-corrected chi connectivity index (χ3v) is 6.55. The van der Waals surface area contributed by atoms with Crippen LogP contribution in [0.2, 0.25) is 0 Å². The summed E-state index contributed by atoms with van der Waals surface area (Å²) in [6.45, 7) is 1.10. The number of anilines is 2. The summed E-state index contributed by atoms with van der Waals surface area (Å²) < 4.78 is 87.8. The molecule has 2 aromatic rings. The average Bonchev–Trinajstić information content (AvgIpc) is 2.86. The van der Waals surface area contributed by atoms with Crippen molar-refractivity contribution in [1.82, 2.24) is 4.98 Å². The van der Waals surface area contributed by atoms with Gasteiger partial charge in [0.15, 0.2) is 0 Å². The van der Waals surface area contributed by atoms with Crippen LogP contribution in [0.3, 0.4) is 0 Å².